The Hall–Kier alpha value is -1.57. The zero-order valence-corrected chi connectivity index (χ0v) is 11.7. The Morgan fingerprint density at radius 3 is 2.79 bits per heavy atom. The molecule has 1 aliphatic heterocycles. The van der Waals surface area contributed by atoms with Gasteiger partial charge in [-0.3, -0.25) is 0 Å². The third kappa shape index (κ3) is 2.44. The van der Waals surface area contributed by atoms with Gasteiger partial charge in [-0.15, -0.1) is 0 Å². The average molecular weight is 287 g/mol. The second-order valence-corrected chi connectivity index (χ2v) is 7.03. The number of methoxy groups -OCH3 is 1. The van der Waals surface area contributed by atoms with Gasteiger partial charge in [-0.05, 0) is 19.8 Å². The van der Waals surface area contributed by atoms with Gasteiger partial charge in [0.1, 0.15) is 11.6 Å². The predicted molar refractivity (Wildman–Crippen MR) is 69.5 cm³/mol. The van der Waals surface area contributed by atoms with Crippen LogP contribution in [0.5, 0.6) is 0 Å². The first-order chi connectivity index (χ1) is 8.86. The largest absolute Gasteiger partial charge is 0.464 e. The monoisotopic (exact) mass is 287 g/mol. The van der Waals surface area contributed by atoms with E-state index < -0.39 is 21.1 Å². The molecule has 7 nitrogen and oxygen atoms in total. The molecule has 1 aliphatic rings. The number of ether oxygens (including phenoxy) is 1. The van der Waals surface area contributed by atoms with E-state index in [4.69, 9.17) is 5.73 Å². The lowest BCUT2D eigenvalue weighted by molar-refractivity contribution is 0.0595. The van der Waals surface area contributed by atoms with Crippen molar-refractivity contribution in [2.24, 2.45) is 0 Å². The zero-order chi connectivity index (χ0) is 14.2. The summed E-state index contributed by atoms with van der Waals surface area (Å²) in [6.07, 6.45) is 1.29. The number of rotatable bonds is 3. The molecule has 1 saturated heterocycles. The lowest BCUT2D eigenvalue weighted by atomic mass is 10.2. The molecule has 0 aromatic carbocycles. The summed E-state index contributed by atoms with van der Waals surface area (Å²) in [6, 6.07) is 0. The van der Waals surface area contributed by atoms with Crippen LogP contribution >= 0.6 is 0 Å². The van der Waals surface area contributed by atoms with Gasteiger partial charge in [0.2, 0.25) is 0 Å². The van der Waals surface area contributed by atoms with E-state index in [1.807, 2.05) is 0 Å². The minimum atomic E-state index is -3.06. The van der Waals surface area contributed by atoms with Crippen molar-refractivity contribution in [3.63, 3.8) is 0 Å². The van der Waals surface area contributed by atoms with Crippen LogP contribution in [-0.2, 0) is 21.1 Å². The van der Waals surface area contributed by atoms with Crippen LogP contribution in [0.25, 0.3) is 0 Å². The maximum absolute atomic E-state index is 11.8. The van der Waals surface area contributed by atoms with Gasteiger partial charge in [0.25, 0.3) is 0 Å². The minimum Gasteiger partial charge on any atom is -0.464 e. The van der Waals surface area contributed by atoms with Crippen molar-refractivity contribution < 1.29 is 17.9 Å². The summed E-state index contributed by atoms with van der Waals surface area (Å²) in [4.78, 5) is 15.5. The van der Waals surface area contributed by atoms with Gasteiger partial charge < -0.3 is 15.0 Å². The molecule has 0 bridgehead atoms. The van der Waals surface area contributed by atoms with Crippen LogP contribution < -0.4 is 5.73 Å². The lowest BCUT2D eigenvalue weighted by Crippen LogP contribution is -2.23. The molecule has 1 unspecified atom stereocenters. The Kier molecular flexibility index (Phi) is 3.53. The van der Waals surface area contributed by atoms with Gasteiger partial charge >= 0.3 is 5.97 Å². The molecule has 1 aromatic heterocycles. The fraction of sp³-hybridized carbons (Fsp3) is 0.636. The van der Waals surface area contributed by atoms with Crippen molar-refractivity contribution in [1.82, 2.24) is 9.55 Å². The number of hydrogen-bond acceptors (Lipinski definition) is 6. The van der Waals surface area contributed by atoms with Crippen molar-refractivity contribution >= 4 is 21.6 Å². The number of esters is 1. The number of hydrogen-bond donors (Lipinski definition) is 1. The molecule has 0 radical (unpaired) electrons. The topological polar surface area (TPSA) is 104 Å². The van der Waals surface area contributed by atoms with Crippen LogP contribution in [0, 0.1) is 6.92 Å². The van der Waals surface area contributed by atoms with E-state index in [1.165, 1.54) is 7.11 Å². The van der Waals surface area contributed by atoms with E-state index in [0.717, 1.165) is 0 Å². The van der Waals surface area contributed by atoms with Crippen molar-refractivity contribution in [3.05, 3.63) is 11.5 Å². The minimum absolute atomic E-state index is 0.0374. The van der Waals surface area contributed by atoms with Gasteiger partial charge in [0.15, 0.2) is 15.5 Å². The number of aromatic nitrogens is 2. The van der Waals surface area contributed by atoms with E-state index >= 15 is 0 Å². The molecular formula is C11H17N3O4S. The molecule has 0 amide bonds. The molecule has 1 atom stereocenters. The smallest absolute Gasteiger partial charge is 0.360 e. The Morgan fingerprint density at radius 2 is 2.26 bits per heavy atom. The third-order valence-corrected chi connectivity index (χ3v) is 5.68. The number of carbonyl (C=O) groups is 1. The number of anilines is 1. The molecule has 8 heteroatoms. The molecule has 1 fully saturated rings. The van der Waals surface area contributed by atoms with Crippen molar-refractivity contribution in [3.8, 4) is 0 Å². The molecule has 2 heterocycles. The summed E-state index contributed by atoms with van der Waals surface area (Å²) in [6.45, 7) is 1.92. The summed E-state index contributed by atoms with van der Waals surface area (Å²) in [5.41, 5.74) is 5.89. The summed E-state index contributed by atoms with van der Waals surface area (Å²) < 4.78 is 29.8. The quantitative estimate of drug-likeness (QED) is 0.793. The van der Waals surface area contributed by atoms with Crippen LogP contribution in [0.2, 0.25) is 0 Å². The lowest BCUT2D eigenvalue weighted by Gasteiger charge is -2.13. The van der Waals surface area contributed by atoms with Gasteiger partial charge in [-0.2, -0.15) is 0 Å². The van der Waals surface area contributed by atoms with Crippen molar-refractivity contribution in [2.75, 3.05) is 18.6 Å². The van der Waals surface area contributed by atoms with E-state index in [2.05, 4.69) is 9.72 Å². The van der Waals surface area contributed by atoms with E-state index in [-0.39, 0.29) is 23.8 Å². The highest BCUT2D eigenvalue weighted by molar-refractivity contribution is 7.92. The molecule has 2 rings (SSSR count). The molecule has 0 aliphatic carbocycles. The Morgan fingerprint density at radius 1 is 1.58 bits per heavy atom. The zero-order valence-electron chi connectivity index (χ0n) is 10.9. The first-order valence-corrected chi connectivity index (χ1v) is 7.71. The van der Waals surface area contributed by atoms with E-state index in [9.17, 15) is 13.2 Å². The van der Waals surface area contributed by atoms with Crippen LogP contribution in [0.15, 0.2) is 0 Å². The molecule has 2 N–H and O–H groups in total. The van der Waals surface area contributed by atoms with Crippen molar-refractivity contribution in [2.45, 2.75) is 31.6 Å². The number of carbonyl (C=O) groups excluding carboxylic acids is 1. The Bertz CT molecular complexity index is 606. The van der Waals surface area contributed by atoms with Gasteiger partial charge in [0.05, 0.1) is 18.1 Å². The first kappa shape index (κ1) is 13.9. The Labute approximate surface area is 111 Å². The van der Waals surface area contributed by atoms with E-state index in [0.29, 0.717) is 18.7 Å². The van der Waals surface area contributed by atoms with Gasteiger partial charge in [-0.1, -0.05) is 0 Å². The fourth-order valence-corrected chi connectivity index (χ4v) is 4.13. The number of aryl methyl sites for hydroxylation is 1. The second-order valence-electron chi connectivity index (χ2n) is 4.63. The summed E-state index contributed by atoms with van der Waals surface area (Å²) in [5, 5.41) is -0.451. The standard InChI is InChI=1S/C11H17N3O4S/c1-7-13-9(11(15)18-2)10(12)14(7)6-8-4-3-5-19(8,16)17/h8H,3-6,12H2,1-2H3. The fourth-order valence-electron chi connectivity index (χ4n) is 2.33. The van der Waals surface area contributed by atoms with Crippen LogP contribution in [-0.4, -0.2) is 42.1 Å². The number of nitrogens with two attached hydrogens (primary N) is 1. The van der Waals surface area contributed by atoms with E-state index in [1.54, 1.807) is 11.5 Å². The molecule has 19 heavy (non-hydrogen) atoms. The van der Waals surface area contributed by atoms with Crippen LogP contribution in [0.1, 0.15) is 29.2 Å². The normalized spacial score (nSPS) is 21.5. The van der Waals surface area contributed by atoms with Gasteiger partial charge in [-0.25, -0.2) is 18.2 Å². The predicted octanol–water partition coefficient (Wildman–Crippen LogP) is 0.138. The molecular weight excluding hydrogens is 270 g/mol. The number of nitrogen functional groups attached to an aromatic ring is 1. The maximum Gasteiger partial charge on any atom is 0.360 e. The van der Waals surface area contributed by atoms with Crippen LogP contribution in [0.4, 0.5) is 5.82 Å². The SMILES string of the molecule is COC(=O)c1nc(C)n(CC2CCCS2(=O)=O)c1N. The van der Waals surface area contributed by atoms with Crippen LogP contribution in [0.3, 0.4) is 0 Å². The highest BCUT2D eigenvalue weighted by Gasteiger charge is 2.33. The maximum atomic E-state index is 11.8. The molecule has 1 aromatic rings. The third-order valence-electron chi connectivity index (χ3n) is 3.43. The number of nitrogens with zero attached hydrogens (tertiary/aromatic N) is 2. The second kappa shape index (κ2) is 4.84. The Balaban J connectivity index is 2.31. The first-order valence-electron chi connectivity index (χ1n) is 5.99. The molecule has 106 valence electrons. The highest BCUT2D eigenvalue weighted by Crippen LogP contribution is 2.24. The number of imidazole rings is 1. The van der Waals surface area contributed by atoms with Crippen molar-refractivity contribution in [1.29, 1.82) is 0 Å². The highest BCUT2D eigenvalue weighted by atomic mass is 32.2. The number of sulfone groups is 1. The molecule has 0 saturated carbocycles. The summed E-state index contributed by atoms with van der Waals surface area (Å²) in [5.74, 6) is 0.273. The molecule has 0 spiro atoms. The van der Waals surface area contributed by atoms with Gasteiger partial charge in [0, 0.05) is 6.54 Å². The average Bonchev–Trinajstić information content (AvgIpc) is 2.82. The summed E-state index contributed by atoms with van der Waals surface area (Å²) in [7, 11) is -1.81. The summed E-state index contributed by atoms with van der Waals surface area (Å²) >= 11 is 0.